The molecule has 6 rings (SSSR count). The molecule has 4 heterocycles. The number of imidazole rings is 1. The summed E-state index contributed by atoms with van der Waals surface area (Å²) in [6.07, 6.45) is 0.296. The van der Waals surface area contributed by atoms with E-state index in [-0.39, 0.29) is 40.4 Å². The average molecular weight is 536 g/mol. The van der Waals surface area contributed by atoms with Crippen molar-refractivity contribution in [2.75, 3.05) is 6.61 Å². The maximum absolute atomic E-state index is 13.5. The smallest absolute Gasteiger partial charge is 0.387 e. The number of aromatic nitrogens is 4. The lowest BCUT2D eigenvalue weighted by molar-refractivity contribution is -0.0505. The quantitative estimate of drug-likeness (QED) is 0.307. The largest absolute Gasteiger partial charge is 0.434 e. The Labute approximate surface area is 220 Å². The fraction of sp³-hybridized carbons (Fsp3) is 0.296. The van der Waals surface area contributed by atoms with E-state index >= 15 is 0 Å². The van der Waals surface area contributed by atoms with Gasteiger partial charge in [0.25, 0.3) is 5.91 Å². The summed E-state index contributed by atoms with van der Waals surface area (Å²) in [7, 11) is 0. The van der Waals surface area contributed by atoms with Gasteiger partial charge in [0, 0.05) is 29.5 Å². The van der Waals surface area contributed by atoms with Crippen molar-refractivity contribution in [1.29, 1.82) is 0 Å². The Balaban J connectivity index is 1.69. The van der Waals surface area contributed by atoms with Crippen LogP contribution in [0.15, 0.2) is 42.6 Å². The summed E-state index contributed by atoms with van der Waals surface area (Å²) in [5.41, 5.74) is 2.81. The second-order valence-electron chi connectivity index (χ2n) is 9.45. The van der Waals surface area contributed by atoms with Gasteiger partial charge in [0.1, 0.15) is 17.7 Å². The standard InChI is InChI=1S/C27H23F2N5O5/c1-12(36)23(37)24-30-8-6-16(31-24)21-13(7-9-35)20(39-27(28)29)10-14-22(21)19-11-17(33-26(14)38)25-32-15-4-2-3-5-18(15)34(19)25/h2-6,8,10,12,17,19,27,35-36H,7,9,11H2,1H3,(H,33,38)/t12?,17-,19-/m1/s1. The van der Waals surface area contributed by atoms with Gasteiger partial charge in [-0.15, -0.1) is 0 Å². The van der Waals surface area contributed by atoms with E-state index in [2.05, 4.69) is 15.3 Å². The summed E-state index contributed by atoms with van der Waals surface area (Å²) in [5.74, 6) is -1.12. The molecule has 2 aromatic heterocycles. The van der Waals surface area contributed by atoms with Crippen molar-refractivity contribution in [3.8, 4) is 17.0 Å². The number of carbonyl (C=O) groups excluding carboxylic acids is 2. The number of ketones is 1. The molecular formula is C27H23F2N5O5. The van der Waals surface area contributed by atoms with Crippen LogP contribution in [0.5, 0.6) is 5.75 Å². The Hall–Kier alpha value is -4.29. The highest BCUT2D eigenvalue weighted by molar-refractivity contribution is 6.01. The van der Waals surface area contributed by atoms with Gasteiger partial charge in [-0.2, -0.15) is 8.78 Å². The number of para-hydroxylation sites is 2. The number of amides is 1. The third-order valence-corrected chi connectivity index (χ3v) is 7.11. The second-order valence-corrected chi connectivity index (χ2v) is 9.45. The Morgan fingerprint density at radius 3 is 2.79 bits per heavy atom. The number of nitrogens with zero attached hydrogens (tertiary/aromatic N) is 4. The number of Topliss-reactive ketones (excluding diaryl/α,β-unsaturated/α-hetero) is 1. The first-order chi connectivity index (χ1) is 18.8. The van der Waals surface area contributed by atoms with Gasteiger partial charge in [0.15, 0.2) is 5.82 Å². The number of nitrogens with one attached hydrogen (secondary N) is 1. The lowest BCUT2D eigenvalue weighted by Crippen LogP contribution is -2.28. The Kier molecular flexibility index (Phi) is 6.07. The molecule has 1 unspecified atom stereocenters. The number of halogens is 2. The van der Waals surface area contributed by atoms with E-state index < -0.39 is 43.1 Å². The number of ether oxygens (including phenoxy) is 1. The van der Waals surface area contributed by atoms with Crippen LogP contribution in [-0.4, -0.2) is 60.7 Å². The molecule has 2 aromatic carbocycles. The molecule has 2 aliphatic heterocycles. The fourth-order valence-electron chi connectivity index (χ4n) is 5.58. The van der Waals surface area contributed by atoms with Crippen LogP contribution in [0.2, 0.25) is 0 Å². The summed E-state index contributed by atoms with van der Waals surface area (Å²) in [5, 5.41) is 22.7. The fourth-order valence-corrected chi connectivity index (χ4v) is 5.58. The summed E-state index contributed by atoms with van der Waals surface area (Å²) < 4.78 is 33.9. The van der Waals surface area contributed by atoms with E-state index in [1.54, 1.807) is 0 Å². The highest BCUT2D eigenvalue weighted by Gasteiger charge is 2.43. The molecule has 200 valence electrons. The molecule has 4 aromatic rings. The van der Waals surface area contributed by atoms with Crippen LogP contribution in [0.25, 0.3) is 22.3 Å². The summed E-state index contributed by atoms with van der Waals surface area (Å²) in [4.78, 5) is 39.2. The Morgan fingerprint density at radius 1 is 1.26 bits per heavy atom. The zero-order valence-corrected chi connectivity index (χ0v) is 20.6. The zero-order chi connectivity index (χ0) is 27.4. The molecular weight excluding hydrogens is 512 g/mol. The normalized spacial score (nSPS) is 18.5. The number of hydrogen-bond donors (Lipinski definition) is 3. The van der Waals surface area contributed by atoms with Crippen molar-refractivity contribution in [1.82, 2.24) is 24.8 Å². The summed E-state index contributed by atoms with van der Waals surface area (Å²) >= 11 is 0. The molecule has 39 heavy (non-hydrogen) atoms. The third kappa shape index (κ3) is 4.03. The first kappa shape index (κ1) is 25.0. The second kappa shape index (κ2) is 9.47. The van der Waals surface area contributed by atoms with Crippen LogP contribution in [-0.2, 0) is 6.42 Å². The number of alkyl halides is 2. The first-order valence-corrected chi connectivity index (χ1v) is 12.4. The van der Waals surface area contributed by atoms with Gasteiger partial charge < -0.3 is 24.8 Å². The van der Waals surface area contributed by atoms with Crippen molar-refractivity contribution in [3.63, 3.8) is 0 Å². The van der Waals surface area contributed by atoms with Crippen LogP contribution in [0.4, 0.5) is 8.78 Å². The minimum Gasteiger partial charge on any atom is -0.434 e. The minimum absolute atomic E-state index is 0.0936. The van der Waals surface area contributed by atoms with E-state index in [4.69, 9.17) is 9.72 Å². The Bertz CT molecular complexity index is 1640. The van der Waals surface area contributed by atoms with E-state index in [9.17, 15) is 28.6 Å². The van der Waals surface area contributed by atoms with Crippen molar-refractivity contribution < 1.29 is 33.3 Å². The van der Waals surface area contributed by atoms with Gasteiger partial charge in [-0.05, 0) is 49.6 Å². The van der Waals surface area contributed by atoms with E-state index in [0.29, 0.717) is 17.8 Å². The Morgan fingerprint density at radius 2 is 2.05 bits per heavy atom. The molecule has 12 heteroatoms. The molecule has 1 amide bonds. The van der Waals surface area contributed by atoms with E-state index in [0.717, 1.165) is 11.0 Å². The molecule has 3 atom stereocenters. The molecule has 10 nitrogen and oxygen atoms in total. The van der Waals surface area contributed by atoms with E-state index in [1.165, 1.54) is 25.3 Å². The van der Waals surface area contributed by atoms with Crippen LogP contribution in [0, 0.1) is 0 Å². The molecule has 0 fully saturated rings. The van der Waals surface area contributed by atoms with E-state index in [1.807, 2.05) is 28.8 Å². The highest BCUT2D eigenvalue weighted by atomic mass is 19.3. The third-order valence-electron chi connectivity index (χ3n) is 7.11. The maximum Gasteiger partial charge on any atom is 0.387 e. The van der Waals surface area contributed by atoms with Crippen molar-refractivity contribution in [2.45, 2.75) is 44.6 Å². The monoisotopic (exact) mass is 535 g/mol. The lowest BCUT2D eigenvalue weighted by Gasteiger charge is -2.25. The van der Waals surface area contributed by atoms with Gasteiger partial charge in [-0.3, -0.25) is 9.59 Å². The molecule has 3 N–H and O–H groups in total. The highest BCUT2D eigenvalue weighted by Crippen LogP contribution is 2.49. The molecule has 2 aliphatic rings. The topological polar surface area (TPSA) is 139 Å². The average Bonchev–Trinajstić information content (AvgIpc) is 3.41. The molecule has 2 bridgehead atoms. The summed E-state index contributed by atoms with van der Waals surface area (Å²) in [6, 6.07) is 9.39. The van der Waals surface area contributed by atoms with Gasteiger partial charge >= 0.3 is 6.61 Å². The van der Waals surface area contributed by atoms with Crippen LogP contribution in [0.3, 0.4) is 0 Å². The lowest BCUT2D eigenvalue weighted by atomic mass is 9.86. The molecule has 0 saturated carbocycles. The number of hydrogen-bond acceptors (Lipinski definition) is 8. The van der Waals surface area contributed by atoms with Gasteiger partial charge in [-0.25, -0.2) is 15.0 Å². The predicted octanol–water partition coefficient (Wildman–Crippen LogP) is 2.97. The number of carbonyl (C=O) groups is 2. The maximum atomic E-state index is 13.5. The number of benzene rings is 2. The molecule has 0 saturated heterocycles. The van der Waals surface area contributed by atoms with Gasteiger partial charge in [0.2, 0.25) is 5.78 Å². The predicted molar refractivity (Wildman–Crippen MR) is 134 cm³/mol. The molecule has 0 aliphatic carbocycles. The van der Waals surface area contributed by atoms with Gasteiger partial charge in [-0.1, -0.05) is 12.1 Å². The van der Waals surface area contributed by atoms with Crippen molar-refractivity contribution in [2.24, 2.45) is 0 Å². The van der Waals surface area contributed by atoms with Crippen LogP contribution in [0.1, 0.15) is 63.4 Å². The van der Waals surface area contributed by atoms with Crippen molar-refractivity contribution >= 4 is 22.7 Å². The first-order valence-electron chi connectivity index (χ1n) is 12.4. The van der Waals surface area contributed by atoms with Crippen molar-refractivity contribution in [3.05, 3.63) is 70.9 Å². The van der Waals surface area contributed by atoms with Crippen LogP contribution >= 0.6 is 0 Å². The zero-order valence-electron chi connectivity index (χ0n) is 20.6. The number of rotatable bonds is 7. The SMILES string of the molecule is CC(O)C(=O)c1nccc(-c2c(CCO)c(OC(F)F)cc3c2[C@H]2C[C@@H](NC3=O)c3nc4ccccc4n32)n1. The summed E-state index contributed by atoms with van der Waals surface area (Å²) in [6.45, 7) is -2.32. The minimum atomic E-state index is -3.19. The number of fused-ring (bicyclic) bond motifs is 9. The number of aliphatic hydroxyl groups is 2. The van der Waals surface area contributed by atoms with Gasteiger partial charge in [0.05, 0.1) is 28.8 Å². The molecule has 0 radical (unpaired) electrons. The molecule has 0 spiro atoms. The number of aliphatic hydroxyl groups excluding tert-OH is 2. The van der Waals surface area contributed by atoms with Crippen LogP contribution < -0.4 is 10.1 Å².